The van der Waals surface area contributed by atoms with Crippen molar-refractivity contribution in [3.8, 4) is 22.9 Å². The summed E-state index contributed by atoms with van der Waals surface area (Å²) in [7, 11) is -0.538. The standard InChI is InChI=1S/C22H26N4O5S/c1-4-21-23-22(24-31-21)19-15-18(9-10-20(19)30-3)32(27,28)26-13-11-25(12-14-26)16-5-7-17(29-2)8-6-16/h5-10,15H,4,11-14H2,1-3H3. The Hall–Kier alpha value is -3.11. The number of anilines is 1. The molecule has 32 heavy (non-hydrogen) atoms. The Labute approximate surface area is 187 Å². The Kier molecular flexibility index (Phi) is 6.33. The molecule has 0 bridgehead atoms. The zero-order valence-electron chi connectivity index (χ0n) is 18.3. The Morgan fingerprint density at radius 3 is 2.31 bits per heavy atom. The van der Waals surface area contributed by atoms with Gasteiger partial charge in [-0.25, -0.2) is 8.42 Å². The van der Waals surface area contributed by atoms with Crippen LogP contribution in [0.1, 0.15) is 12.8 Å². The summed E-state index contributed by atoms with van der Waals surface area (Å²) in [5, 5.41) is 3.97. The van der Waals surface area contributed by atoms with Crippen molar-refractivity contribution in [2.75, 3.05) is 45.3 Å². The Bertz CT molecular complexity index is 1170. The van der Waals surface area contributed by atoms with Gasteiger partial charge in [0.15, 0.2) is 0 Å². The molecule has 0 amide bonds. The molecule has 1 aromatic heterocycles. The van der Waals surface area contributed by atoms with E-state index < -0.39 is 10.0 Å². The summed E-state index contributed by atoms with van der Waals surface area (Å²) in [4.78, 5) is 6.66. The number of piperazine rings is 1. The fourth-order valence-electron chi connectivity index (χ4n) is 3.66. The lowest BCUT2D eigenvalue weighted by Crippen LogP contribution is -2.48. The summed E-state index contributed by atoms with van der Waals surface area (Å²) in [6.07, 6.45) is 0.589. The van der Waals surface area contributed by atoms with Crippen LogP contribution < -0.4 is 14.4 Å². The van der Waals surface area contributed by atoms with E-state index in [1.165, 1.54) is 11.4 Å². The van der Waals surface area contributed by atoms with Crippen LogP contribution in [0.25, 0.3) is 11.4 Å². The van der Waals surface area contributed by atoms with Gasteiger partial charge in [-0.05, 0) is 42.5 Å². The normalized spacial score (nSPS) is 15.0. The van der Waals surface area contributed by atoms with Gasteiger partial charge in [0.25, 0.3) is 0 Å². The fourth-order valence-corrected chi connectivity index (χ4v) is 5.11. The molecular formula is C22H26N4O5S. The lowest BCUT2D eigenvalue weighted by Gasteiger charge is -2.35. The number of benzene rings is 2. The summed E-state index contributed by atoms with van der Waals surface area (Å²) >= 11 is 0. The van der Waals surface area contributed by atoms with E-state index in [0.29, 0.717) is 55.6 Å². The average molecular weight is 459 g/mol. The number of sulfonamides is 1. The molecule has 10 heteroatoms. The monoisotopic (exact) mass is 458 g/mol. The minimum Gasteiger partial charge on any atom is -0.497 e. The second-order valence-corrected chi connectivity index (χ2v) is 9.25. The zero-order valence-corrected chi connectivity index (χ0v) is 19.1. The van der Waals surface area contributed by atoms with Gasteiger partial charge in [-0.1, -0.05) is 12.1 Å². The van der Waals surface area contributed by atoms with Gasteiger partial charge in [0.05, 0.1) is 24.7 Å². The van der Waals surface area contributed by atoms with Crippen molar-refractivity contribution >= 4 is 15.7 Å². The number of hydrogen-bond donors (Lipinski definition) is 0. The molecule has 1 aliphatic heterocycles. The first-order valence-corrected chi connectivity index (χ1v) is 11.8. The van der Waals surface area contributed by atoms with E-state index in [-0.39, 0.29) is 4.90 Å². The molecule has 0 N–H and O–H groups in total. The van der Waals surface area contributed by atoms with Gasteiger partial charge in [-0.15, -0.1) is 0 Å². The van der Waals surface area contributed by atoms with Gasteiger partial charge >= 0.3 is 0 Å². The summed E-state index contributed by atoms with van der Waals surface area (Å²) in [5.41, 5.74) is 1.52. The third-order valence-electron chi connectivity index (χ3n) is 5.50. The van der Waals surface area contributed by atoms with Crippen molar-refractivity contribution in [2.45, 2.75) is 18.2 Å². The fraction of sp³-hybridized carbons (Fsp3) is 0.364. The number of methoxy groups -OCH3 is 2. The number of aromatic nitrogens is 2. The number of aryl methyl sites for hydroxylation is 1. The van der Waals surface area contributed by atoms with Gasteiger partial charge in [-0.3, -0.25) is 0 Å². The highest BCUT2D eigenvalue weighted by molar-refractivity contribution is 7.89. The molecule has 9 nitrogen and oxygen atoms in total. The Balaban J connectivity index is 1.54. The third kappa shape index (κ3) is 4.28. The van der Waals surface area contributed by atoms with E-state index in [2.05, 4.69) is 15.0 Å². The largest absolute Gasteiger partial charge is 0.497 e. The van der Waals surface area contributed by atoms with Crippen LogP contribution in [0.5, 0.6) is 11.5 Å². The maximum atomic E-state index is 13.3. The highest BCUT2D eigenvalue weighted by atomic mass is 32.2. The zero-order chi connectivity index (χ0) is 22.7. The molecule has 0 radical (unpaired) electrons. The maximum absolute atomic E-state index is 13.3. The summed E-state index contributed by atoms with van der Waals surface area (Å²) in [6, 6.07) is 12.5. The van der Waals surface area contributed by atoms with E-state index in [1.807, 2.05) is 31.2 Å². The predicted octanol–water partition coefficient (Wildman–Crippen LogP) is 2.83. The van der Waals surface area contributed by atoms with Crippen LogP contribution in [0.4, 0.5) is 5.69 Å². The molecular weight excluding hydrogens is 432 g/mol. The van der Waals surface area contributed by atoms with Crippen molar-refractivity contribution in [1.82, 2.24) is 14.4 Å². The average Bonchev–Trinajstić information content (AvgIpc) is 3.33. The van der Waals surface area contributed by atoms with Crippen LogP contribution in [-0.4, -0.2) is 63.3 Å². The van der Waals surface area contributed by atoms with Crippen molar-refractivity contribution in [3.05, 3.63) is 48.4 Å². The van der Waals surface area contributed by atoms with Gasteiger partial charge in [-0.2, -0.15) is 9.29 Å². The molecule has 1 aliphatic rings. The van der Waals surface area contributed by atoms with Crippen molar-refractivity contribution in [2.24, 2.45) is 0 Å². The van der Waals surface area contributed by atoms with Crippen LogP contribution in [0.15, 0.2) is 51.9 Å². The molecule has 0 aliphatic carbocycles. The van der Waals surface area contributed by atoms with Crippen molar-refractivity contribution in [3.63, 3.8) is 0 Å². The van der Waals surface area contributed by atoms with Gasteiger partial charge in [0, 0.05) is 38.3 Å². The van der Waals surface area contributed by atoms with Crippen LogP contribution in [0.2, 0.25) is 0 Å². The highest BCUT2D eigenvalue weighted by Crippen LogP contribution is 2.32. The Morgan fingerprint density at radius 1 is 1.00 bits per heavy atom. The number of hydrogen-bond acceptors (Lipinski definition) is 8. The molecule has 3 aromatic rings. The summed E-state index contributed by atoms with van der Waals surface area (Å²) < 4.78 is 44.0. The van der Waals surface area contributed by atoms with Crippen LogP contribution in [0, 0.1) is 0 Å². The van der Waals surface area contributed by atoms with E-state index in [4.69, 9.17) is 14.0 Å². The lowest BCUT2D eigenvalue weighted by molar-refractivity contribution is 0.381. The molecule has 0 unspecified atom stereocenters. The van der Waals surface area contributed by atoms with Crippen molar-refractivity contribution < 1.29 is 22.4 Å². The molecule has 0 atom stereocenters. The number of rotatable bonds is 7. The van der Waals surface area contributed by atoms with Gasteiger partial charge < -0.3 is 18.9 Å². The molecule has 2 heterocycles. The molecule has 0 spiro atoms. The van der Waals surface area contributed by atoms with Crippen LogP contribution >= 0.6 is 0 Å². The van der Waals surface area contributed by atoms with E-state index in [9.17, 15) is 8.42 Å². The molecule has 1 saturated heterocycles. The molecule has 1 fully saturated rings. The molecule has 2 aromatic carbocycles. The second kappa shape index (κ2) is 9.17. The van der Waals surface area contributed by atoms with E-state index in [0.717, 1.165) is 11.4 Å². The number of ether oxygens (including phenoxy) is 2. The highest BCUT2D eigenvalue weighted by Gasteiger charge is 2.30. The molecule has 170 valence electrons. The molecule has 0 saturated carbocycles. The second-order valence-electron chi connectivity index (χ2n) is 7.32. The minimum atomic E-state index is -3.69. The first kappa shape index (κ1) is 22.1. The summed E-state index contributed by atoms with van der Waals surface area (Å²) in [6.45, 7) is 3.87. The topological polar surface area (TPSA) is 98.0 Å². The predicted molar refractivity (Wildman–Crippen MR) is 120 cm³/mol. The number of nitrogens with zero attached hydrogens (tertiary/aromatic N) is 4. The van der Waals surface area contributed by atoms with E-state index in [1.54, 1.807) is 25.3 Å². The Morgan fingerprint density at radius 2 is 1.72 bits per heavy atom. The van der Waals surface area contributed by atoms with Gasteiger partial charge in [0.2, 0.25) is 21.7 Å². The van der Waals surface area contributed by atoms with Crippen LogP contribution in [-0.2, 0) is 16.4 Å². The SMILES string of the molecule is CCc1nc(-c2cc(S(=O)(=O)N3CCN(c4ccc(OC)cc4)CC3)ccc2OC)no1. The summed E-state index contributed by atoms with van der Waals surface area (Å²) in [5.74, 6) is 2.06. The minimum absolute atomic E-state index is 0.175. The van der Waals surface area contributed by atoms with Crippen molar-refractivity contribution in [1.29, 1.82) is 0 Å². The maximum Gasteiger partial charge on any atom is 0.243 e. The molecule has 4 rings (SSSR count). The van der Waals surface area contributed by atoms with E-state index >= 15 is 0 Å². The lowest BCUT2D eigenvalue weighted by atomic mass is 10.2. The quantitative estimate of drug-likeness (QED) is 0.533. The van der Waals surface area contributed by atoms with Crippen LogP contribution in [0.3, 0.4) is 0 Å². The third-order valence-corrected chi connectivity index (χ3v) is 7.39. The first-order chi connectivity index (χ1) is 15.5. The smallest absolute Gasteiger partial charge is 0.243 e. The first-order valence-electron chi connectivity index (χ1n) is 10.4. The van der Waals surface area contributed by atoms with Gasteiger partial charge in [0.1, 0.15) is 11.5 Å².